The summed E-state index contributed by atoms with van der Waals surface area (Å²) < 4.78 is 0. The Bertz CT molecular complexity index is 442. The van der Waals surface area contributed by atoms with Crippen molar-refractivity contribution in [2.45, 2.75) is 13.3 Å². The SMILES string of the molecule is CCN(C(=O)CN1CCCNCC1)c1cccc(O)c1. The predicted octanol–water partition coefficient (Wildman–Crippen LogP) is 1.04. The molecule has 0 spiro atoms. The van der Waals surface area contributed by atoms with Crippen molar-refractivity contribution in [3.8, 4) is 5.75 Å². The topological polar surface area (TPSA) is 55.8 Å². The minimum atomic E-state index is 0.0833. The van der Waals surface area contributed by atoms with Gasteiger partial charge in [0.2, 0.25) is 5.91 Å². The second-order valence-electron chi connectivity index (χ2n) is 5.04. The van der Waals surface area contributed by atoms with E-state index in [4.69, 9.17) is 0 Å². The van der Waals surface area contributed by atoms with Gasteiger partial charge in [0.15, 0.2) is 0 Å². The Morgan fingerprint density at radius 2 is 2.25 bits per heavy atom. The van der Waals surface area contributed by atoms with Gasteiger partial charge in [-0.1, -0.05) is 6.07 Å². The number of hydrogen-bond acceptors (Lipinski definition) is 4. The van der Waals surface area contributed by atoms with Crippen LogP contribution >= 0.6 is 0 Å². The van der Waals surface area contributed by atoms with E-state index in [2.05, 4.69) is 10.2 Å². The van der Waals surface area contributed by atoms with Gasteiger partial charge in [0.05, 0.1) is 6.54 Å². The Balaban J connectivity index is 2.01. The number of rotatable bonds is 4. The Hall–Kier alpha value is -1.59. The molecular weight excluding hydrogens is 254 g/mol. The number of phenols is 1. The number of amides is 1. The number of likely N-dealkylation sites (N-methyl/N-ethyl adjacent to an activating group) is 1. The molecule has 0 aliphatic carbocycles. The van der Waals surface area contributed by atoms with Crippen molar-refractivity contribution >= 4 is 11.6 Å². The van der Waals surface area contributed by atoms with Crippen LogP contribution in [-0.4, -0.2) is 55.2 Å². The van der Waals surface area contributed by atoms with Gasteiger partial charge in [0.1, 0.15) is 5.75 Å². The third kappa shape index (κ3) is 3.95. The number of anilines is 1. The smallest absolute Gasteiger partial charge is 0.241 e. The molecule has 5 heteroatoms. The molecule has 2 N–H and O–H groups in total. The Labute approximate surface area is 120 Å². The average molecular weight is 277 g/mol. The molecule has 0 atom stereocenters. The first-order chi connectivity index (χ1) is 9.70. The van der Waals surface area contributed by atoms with E-state index in [-0.39, 0.29) is 11.7 Å². The predicted molar refractivity (Wildman–Crippen MR) is 80.1 cm³/mol. The normalized spacial score (nSPS) is 16.6. The maximum Gasteiger partial charge on any atom is 0.241 e. The third-order valence-corrected chi connectivity index (χ3v) is 3.55. The van der Waals surface area contributed by atoms with Crippen molar-refractivity contribution in [3.05, 3.63) is 24.3 Å². The van der Waals surface area contributed by atoms with Crippen LogP contribution in [0.4, 0.5) is 5.69 Å². The molecule has 110 valence electrons. The zero-order chi connectivity index (χ0) is 14.4. The van der Waals surface area contributed by atoms with Crippen LogP contribution in [0.1, 0.15) is 13.3 Å². The van der Waals surface area contributed by atoms with Crippen LogP contribution in [0.5, 0.6) is 5.75 Å². The molecule has 1 saturated heterocycles. The first kappa shape index (κ1) is 14.8. The monoisotopic (exact) mass is 277 g/mol. The minimum Gasteiger partial charge on any atom is -0.508 e. The van der Waals surface area contributed by atoms with E-state index < -0.39 is 0 Å². The fourth-order valence-corrected chi connectivity index (χ4v) is 2.50. The summed E-state index contributed by atoms with van der Waals surface area (Å²) in [5, 5.41) is 12.9. The van der Waals surface area contributed by atoms with Crippen LogP contribution in [0.25, 0.3) is 0 Å². The highest BCUT2D eigenvalue weighted by Gasteiger charge is 2.18. The van der Waals surface area contributed by atoms with Gasteiger partial charge in [0.25, 0.3) is 0 Å². The van der Waals surface area contributed by atoms with Crippen molar-refractivity contribution < 1.29 is 9.90 Å². The Morgan fingerprint density at radius 3 is 3.00 bits per heavy atom. The summed E-state index contributed by atoms with van der Waals surface area (Å²) in [7, 11) is 0. The lowest BCUT2D eigenvalue weighted by Gasteiger charge is -2.25. The van der Waals surface area contributed by atoms with E-state index in [0.29, 0.717) is 13.1 Å². The molecule has 0 unspecified atom stereocenters. The van der Waals surface area contributed by atoms with Gasteiger partial charge < -0.3 is 15.3 Å². The maximum absolute atomic E-state index is 12.4. The standard InChI is InChI=1S/C15H23N3O2/c1-2-18(13-5-3-6-14(19)11-13)15(20)12-17-9-4-7-16-8-10-17/h3,5-6,11,16,19H,2,4,7-10,12H2,1H3. The van der Waals surface area contributed by atoms with Crippen molar-refractivity contribution in [3.63, 3.8) is 0 Å². The molecule has 1 aliphatic rings. The van der Waals surface area contributed by atoms with Crippen molar-refractivity contribution in [2.75, 3.05) is 44.2 Å². The van der Waals surface area contributed by atoms with Crippen LogP contribution in [-0.2, 0) is 4.79 Å². The fourth-order valence-electron chi connectivity index (χ4n) is 2.50. The van der Waals surface area contributed by atoms with Gasteiger partial charge in [-0.15, -0.1) is 0 Å². The molecule has 0 radical (unpaired) electrons. The second kappa shape index (κ2) is 7.26. The first-order valence-corrected chi connectivity index (χ1v) is 7.23. The summed E-state index contributed by atoms with van der Waals surface area (Å²) >= 11 is 0. The lowest BCUT2D eigenvalue weighted by Crippen LogP contribution is -2.41. The van der Waals surface area contributed by atoms with Crippen LogP contribution in [0, 0.1) is 0 Å². The summed E-state index contributed by atoms with van der Waals surface area (Å²) in [5.74, 6) is 0.271. The number of nitrogens with one attached hydrogen (secondary N) is 1. The van der Waals surface area contributed by atoms with E-state index in [9.17, 15) is 9.90 Å². The first-order valence-electron chi connectivity index (χ1n) is 7.23. The van der Waals surface area contributed by atoms with Crippen LogP contribution in [0.2, 0.25) is 0 Å². The Kier molecular flexibility index (Phi) is 5.38. The maximum atomic E-state index is 12.4. The van der Waals surface area contributed by atoms with E-state index in [1.165, 1.54) is 0 Å². The average Bonchev–Trinajstić information content (AvgIpc) is 2.68. The molecule has 1 fully saturated rings. The number of carbonyl (C=O) groups is 1. The minimum absolute atomic E-state index is 0.0833. The quantitative estimate of drug-likeness (QED) is 0.863. The van der Waals surface area contributed by atoms with Crippen molar-refractivity contribution in [1.29, 1.82) is 0 Å². The molecule has 20 heavy (non-hydrogen) atoms. The lowest BCUT2D eigenvalue weighted by atomic mass is 10.2. The van der Waals surface area contributed by atoms with Crippen molar-refractivity contribution in [1.82, 2.24) is 10.2 Å². The lowest BCUT2D eigenvalue weighted by molar-refractivity contribution is -0.119. The summed E-state index contributed by atoms with van der Waals surface area (Å²) in [6, 6.07) is 6.86. The fraction of sp³-hybridized carbons (Fsp3) is 0.533. The van der Waals surface area contributed by atoms with E-state index in [0.717, 1.165) is 38.3 Å². The highest BCUT2D eigenvalue weighted by molar-refractivity contribution is 5.94. The number of phenolic OH excluding ortho intramolecular Hbond substituents is 1. The highest BCUT2D eigenvalue weighted by atomic mass is 16.3. The zero-order valence-electron chi connectivity index (χ0n) is 12.0. The number of benzene rings is 1. The second-order valence-corrected chi connectivity index (χ2v) is 5.04. The third-order valence-electron chi connectivity index (χ3n) is 3.55. The largest absolute Gasteiger partial charge is 0.508 e. The molecule has 1 heterocycles. The summed E-state index contributed by atoms with van der Waals surface area (Å²) in [4.78, 5) is 16.4. The van der Waals surface area contributed by atoms with E-state index >= 15 is 0 Å². The number of nitrogens with zero attached hydrogens (tertiary/aromatic N) is 2. The summed E-state index contributed by atoms with van der Waals surface area (Å²) in [5.41, 5.74) is 0.755. The van der Waals surface area contributed by atoms with Gasteiger partial charge in [0, 0.05) is 31.4 Å². The molecule has 1 amide bonds. The molecule has 5 nitrogen and oxygen atoms in total. The number of aromatic hydroxyl groups is 1. The van der Waals surface area contributed by atoms with Crippen LogP contribution in [0.15, 0.2) is 24.3 Å². The summed E-state index contributed by atoms with van der Waals surface area (Å²) in [6.45, 7) is 6.81. The molecule has 0 saturated carbocycles. The number of carbonyl (C=O) groups excluding carboxylic acids is 1. The van der Waals surface area contributed by atoms with Crippen molar-refractivity contribution in [2.24, 2.45) is 0 Å². The molecule has 0 bridgehead atoms. The molecule has 2 rings (SSSR count). The summed E-state index contributed by atoms with van der Waals surface area (Å²) in [6.07, 6.45) is 1.07. The van der Waals surface area contributed by atoms with Gasteiger partial charge in [-0.05, 0) is 38.6 Å². The molecule has 1 aromatic carbocycles. The highest BCUT2D eigenvalue weighted by Crippen LogP contribution is 2.20. The van der Waals surface area contributed by atoms with Gasteiger partial charge in [-0.3, -0.25) is 9.69 Å². The molecule has 1 aromatic rings. The van der Waals surface area contributed by atoms with E-state index in [1.54, 1.807) is 23.1 Å². The molecular formula is C15H23N3O2. The molecule has 0 aromatic heterocycles. The number of hydrogen-bond donors (Lipinski definition) is 2. The Morgan fingerprint density at radius 1 is 1.40 bits per heavy atom. The van der Waals surface area contributed by atoms with E-state index in [1.807, 2.05) is 13.0 Å². The van der Waals surface area contributed by atoms with Gasteiger partial charge >= 0.3 is 0 Å². The van der Waals surface area contributed by atoms with Gasteiger partial charge in [-0.2, -0.15) is 0 Å². The molecule has 1 aliphatic heterocycles. The zero-order valence-corrected chi connectivity index (χ0v) is 12.0. The van der Waals surface area contributed by atoms with Crippen LogP contribution in [0.3, 0.4) is 0 Å². The van der Waals surface area contributed by atoms with Gasteiger partial charge in [-0.25, -0.2) is 0 Å². The van der Waals surface area contributed by atoms with Crippen LogP contribution < -0.4 is 10.2 Å².